The lowest BCUT2D eigenvalue weighted by molar-refractivity contribution is 0.458. The molecule has 0 aliphatic carbocycles. The molecule has 1 N–H and O–H groups in total. The highest BCUT2D eigenvalue weighted by Gasteiger charge is 2.14. The van der Waals surface area contributed by atoms with Crippen LogP contribution < -0.4 is 5.63 Å². The van der Waals surface area contributed by atoms with Gasteiger partial charge in [-0.25, -0.2) is 4.79 Å². The molecule has 3 rings (SSSR count). The van der Waals surface area contributed by atoms with Gasteiger partial charge in [0.2, 0.25) is 0 Å². The quantitative estimate of drug-likeness (QED) is 0.525. The average Bonchev–Trinajstić information content (AvgIpc) is 2.38. The van der Waals surface area contributed by atoms with Crippen LogP contribution in [0.5, 0.6) is 5.75 Å². The molecule has 0 saturated carbocycles. The van der Waals surface area contributed by atoms with Crippen LogP contribution in [0.25, 0.3) is 21.7 Å². The van der Waals surface area contributed by atoms with Gasteiger partial charge in [-0.1, -0.05) is 37.3 Å². The van der Waals surface area contributed by atoms with Crippen LogP contribution in [-0.2, 0) is 6.42 Å². The van der Waals surface area contributed by atoms with Crippen LogP contribution >= 0.6 is 0 Å². The van der Waals surface area contributed by atoms with Crippen molar-refractivity contribution < 1.29 is 9.52 Å². The largest absolute Gasteiger partial charge is 0.507 e. The molecule has 0 spiro atoms. The fourth-order valence-corrected chi connectivity index (χ4v) is 2.30. The van der Waals surface area contributed by atoms with Crippen LogP contribution in [0.1, 0.15) is 12.5 Å². The first kappa shape index (κ1) is 10.8. The van der Waals surface area contributed by atoms with E-state index in [1.165, 1.54) is 0 Å². The number of hydrogen-bond donors (Lipinski definition) is 1. The van der Waals surface area contributed by atoms with Crippen molar-refractivity contribution >= 4 is 21.7 Å². The standard InChI is InChI=1S/C15H12O3/c1-2-10-14(16)13-11-6-4-3-5-9(11)7-8-12(13)18-15(10)17/h3-8,16H,2H2,1H3. The van der Waals surface area contributed by atoms with Gasteiger partial charge in [-0.3, -0.25) is 0 Å². The molecule has 0 atom stereocenters. The smallest absolute Gasteiger partial charge is 0.343 e. The molecular weight excluding hydrogens is 228 g/mol. The summed E-state index contributed by atoms with van der Waals surface area (Å²) in [7, 11) is 0. The van der Waals surface area contributed by atoms with Gasteiger partial charge in [0.05, 0.1) is 10.9 Å². The number of hydrogen-bond acceptors (Lipinski definition) is 3. The molecule has 3 nitrogen and oxygen atoms in total. The third-order valence-corrected chi connectivity index (χ3v) is 3.22. The van der Waals surface area contributed by atoms with Gasteiger partial charge in [0.1, 0.15) is 11.3 Å². The first-order valence-electron chi connectivity index (χ1n) is 5.88. The van der Waals surface area contributed by atoms with Gasteiger partial charge in [0, 0.05) is 0 Å². The monoisotopic (exact) mass is 240 g/mol. The van der Waals surface area contributed by atoms with Crippen molar-refractivity contribution in [1.82, 2.24) is 0 Å². The summed E-state index contributed by atoms with van der Waals surface area (Å²) in [6.07, 6.45) is 0.452. The second kappa shape index (κ2) is 3.88. The molecule has 90 valence electrons. The molecule has 2 aromatic carbocycles. The lowest BCUT2D eigenvalue weighted by atomic mass is 10.0. The minimum Gasteiger partial charge on any atom is -0.507 e. The van der Waals surface area contributed by atoms with Crippen LogP contribution in [0, 0.1) is 0 Å². The van der Waals surface area contributed by atoms with Gasteiger partial charge in [0.25, 0.3) is 0 Å². The van der Waals surface area contributed by atoms with Crippen LogP contribution in [0.3, 0.4) is 0 Å². The number of fused-ring (bicyclic) bond motifs is 3. The Kier molecular flexibility index (Phi) is 2.33. The summed E-state index contributed by atoms with van der Waals surface area (Å²) in [5.74, 6) is 0.0422. The van der Waals surface area contributed by atoms with E-state index in [4.69, 9.17) is 4.42 Å². The lowest BCUT2D eigenvalue weighted by Gasteiger charge is -2.07. The second-order valence-electron chi connectivity index (χ2n) is 4.23. The summed E-state index contributed by atoms with van der Waals surface area (Å²) < 4.78 is 5.26. The van der Waals surface area contributed by atoms with Crippen molar-refractivity contribution in [1.29, 1.82) is 0 Å². The van der Waals surface area contributed by atoms with E-state index in [-0.39, 0.29) is 5.75 Å². The molecule has 0 aliphatic rings. The van der Waals surface area contributed by atoms with Crippen molar-refractivity contribution in [3.05, 3.63) is 52.4 Å². The number of rotatable bonds is 1. The normalized spacial score (nSPS) is 11.2. The molecule has 0 amide bonds. The molecule has 18 heavy (non-hydrogen) atoms. The predicted octanol–water partition coefficient (Wildman–Crippen LogP) is 3.21. The van der Waals surface area contributed by atoms with E-state index in [1.807, 2.05) is 37.3 Å². The summed E-state index contributed by atoms with van der Waals surface area (Å²) in [5.41, 5.74) is 0.296. The Morgan fingerprint density at radius 3 is 2.72 bits per heavy atom. The fraction of sp³-hybridized carbons (Fsp3) is 0.133. The highest BCUT2D eigenvalue weighted by atomic mass is 16.4. The second-order valence-corrected chi connectivity index (χ2v) is 4.23. The Balaban J connectivity index is 2.61. The molecular formula is C15H12O3. The minimum absolute atomic E-state index is 0.0422. The summed E-state index contributed by atoms with van der Waals surface area (Å²) in [6, 6.07) is 11.3. The summed E-state index contributed by atoms with van der Waals surface area (Å²) in [6.45, 7) is 1.82. The van der Waals surface area contributed by atoms with Crippen LogP contribution in [0.2, 0.25) is 0 Å². The topological polar surface area (TPSA) is 50.4 Å². The van der Waals surface area contributed by atoms with E-state index in [1.54, 1.807) is 6.07 Å². The SMILES string of the molecule is CCc1c(O)c2c(ccc3ccccc32)oc1=O. The van der Waals surface area contributed by atoms with Crippen molar-refractivity contribution in [2.75, 3.05) is 0 Å². The summed E-state index contributed by atoms with van der Waals surface area (Å²) in [5, 5.41) is 12.8. The zero-order valence-electron chi connectivity index (χ0n) is 9.93. The van der Waals surface area contributed by atoms with Gasteiger partial charge >= 0.3 is 5.63 Å². The summed E-state index contributed by atoms with van der Waals surface area (Å²) >= 11 is 0. The van der Waals surface area contributed by atoms with E-state index in [0.717, 1.165) is 10.8 Å². The number of aromatic hydroxyl groups is 1. The first-order valence-corrected chi connectivity index (χ1v) is 5.88. The highest BCUT2D eigenvalue weighted by molar-refractivity contribution is 6.08. The maximum Gasteiger partial charge on any atom is 0.343 e. The Morgan fingerprint density at radius 1 is 1.17 bits per heavy atom. The van der Waals surface area contributed by atoms with Gasteiger partial charge in [-0.15, -0.1) is 0 Å². The van der Waals surface area contributed by atoms with Crippen molar-refractivity contribution in [2.24, 2.45) is 0 Å². The zero-order valence-corrected chi connectivity index (χ0v) is 9.93. The molecule has 0 radical (unpaired) electrons. The minimum atomic E-state index is -0.460. The molecule has 3 heteroatoms. The average molecular weight is 240 g/mol. The van der Waals surface area contributed by atoms with Crippen LogP contribution in [0.15, 0.2) is 45.6 Å². The molecule has 1 heterocycles. The third-order valence-electron chi connectivity index (χ3n) is 3.22. The van der Waals surface area contributed by atoms with E-state index < -0.39 is 5.63 Å². The molecule has 0 bridgehead atoms. The molecule has 0 fully saturated rings. The summed E-state index contributed by atoms with van der Waals surface area (Å²) in [4.78, 5) is 11.7. The van der Waals surface area contributed by atoms with Gasteiger partial charge in [-0.05, 0) is 23.3 Å². The molecule has 0 unspecified atom stereocenters. The molecule has 1 aromatic heterocycles. The Morgan fingerprint density at radius 2 is 1.94 bits per heavy atom. The Labute approximate surface area is 103 Å². The number of benzene rings is 2. The Hall–Kier alpha value is -2.29. The van der Waals surface area contributed by atoms with E-state index >= 15 is 0 Å². The Bertz CT molecular complexity index is 800. The third kappa shape index (κ3) is 1.40. The van der Waals surface area contributed by atoms with Crippen LogP contribution in [-0.4, -0.2) is 5.11 Å². The predicted molar refractivity (Wildman–Crippen MR) is 71.0 cm³/mol. The molecule has 0 aliphatic heterocycles. The van der Waals surface area contributed by atoms with E-state index in [9.17, 15) is 9.90 Å². The molecule has 0 saturated heterocycles. The van der Waals surface area contributed by atoms with Gasteiger partial charge < -0.3 is 9.52 Å². The van der Waals surface area contributed by atoms with Gasteiger partial charge in [-0.2, -0.15) is 0 Å². The maximum atomic E-state index is 11.7. The zero-order chi connectivity index (χ0) is 12.7. The van der Waals surface area contributed by atoms with E-state index in [2.05, 4.69) is 0 Å². The first-order chi connectivity index (χ1) is 8.72. The van der Waals surface area contributed by atoms with Gasteiger partial charge in [0.15, 0.2) is 0 Å². The molecule has 3 aromatic rings. The fourth-order valence-electron chi connectivity index (χ4n) is 2.30. The van der Waals surface area contributed by atoms with Crippen molar-refractivity contribution in [2.45, 2.75) is 13.3 Å². The lowest BCUT2D eigenvalue weighted by Crippen LogP contribution is -2.06. The van der Waals surface area contributed by atoms with Crippen molar-refractivity contribution in [3.8, 4) is 5.75 Å². The van der Waals surface area contributed by atoms with Crippen LogP contribution in [0.4, 0.5) is 0 Å². The highest BCUT2D eigenvalue weighted by Crippen LogP contribution is 2.33. The van der Waals surface area contributed by atoms with Crippen molar-refractivity contribution in [3.63, 3.8) is 0 Å². The van der Waals surface area contributed by atoms with E-state index in [0.29, 0.717) is 23.0 Å². The maximum absolute atomic E-state index is 11.7.